The molecule has 2 heterocycles. The van der Waals surface area contributed by atoms with Gasteiger partial charge in [-0.2, -0.15) is 0 Å². The lowest BCUT2D eigenvalue weighted by molar-refractivity contribution is -0.140. The number of hydrogen-bond donors (Lipinski definition) is 1. The van der Waals surface area contributed by atoms with Crippen LogP contribution in [0.2, 0.25) is 0 Å². The van der Waals surface area contributed by atoms with Crippen LogP contribution in [0.1, 0.15) is 62.3 Å². The first-order valence-electron chi connectivity index (χ1n) is 12.7. The van der Waals surface area contributed by atoms with E-state index in [1.54, 1.807) is 13.2 Å². The Balaban J connectivity index is 1.72. The van der Waals surface area contributed by atoms with Crippen molar-refractivity contribution in [3.05, 3.63) is 64.7 Å². The third kappa shape index (κ3) is 5.41. The first kappa shape index (κ1) is 25.8. The topological polar surface area (TPSA) is 85.3 Å². The Morgan fingerprint density at radius 3 is 2.72 bits per heavy atom. The summed E-state index contributed by atoms with van der Waals surface area (Å²) in [5.41, 5.74) is 2.28. The van der Waals surface area contributed by atoms with Gasteiger partial charge in [-0.05, 0) is 61.2 Å². The molecule has 1 amide bonds. The van der Waals surface area contributed by atoms with Crippen LogP contribution in [-0.2, 0) is 20.7 Å². The Hall–Kier alpha value is -3.32. The van der Waals surface area contributed by atoms with E-state index < -0.39 is 17.7 Å². The van der Waals surface area contributed by atoms with Crippen molar-refractivity contribution < 1.29 is 28.9 Å². The second kappa shape index (κ2) is 11.6. The van der Waals surface area contributed by atoms with Gasteiger partial charge in [0, 0.05) is 32.2 Å². The molecule has 1 fully saturated rings. The lowest BCUT2D eigenvalue weighted by Crippen LogP contribution is -2.31. The number of carbonyl (C=O) groups is 2. The van der Waals surface area contributed by atoms with Gasteiger partial charge in [0.05, 0.1) is 18.2 Å². The molecule has 2 aromatic rings. The van der Waals surface area contributed by atoms with Gasteiger partial charge in [0.1, 0.15) is 23.4 Å². The molecule has 0 aromatic heterocycles. The number of hydrogen-bond acceptors (Lipinski definition) is 6. The fourth-order valence-electron chi connectivity index (χ4n) is 4.88. The van der Waals surface area contributed by atoms with Crippen molar-refractivity contribution in [1.29, 1.82) is 0 Å². The molecule has 2 aliphatic rings. The van der Waals surface area contributed by atoms with Crippen LogP contribution in [0.15, 0.2) is 48.0 Å². The van der Waals surface area contributed by atoms with Crippen molar-refractivity contribution in [2.24, 2.45) is 0 Å². The van der Waals surface area contributed by atoms with Crippen molar-refractivity contribution in [3.63, 3.8) is 0 Å². The molecule has 0 radical (unpaired) electrons. The highest BCUT2D eigenvalue weighted by Crippen LogP contribution is 2.41. The van der Waals surface area contributed by atoms with Gasteiger partial charge < -0.3 is 24.2 Å². The minimum atomic E-state index is -0.718. The summed E-state index contributed by atoms with van der Waals surface area (Å²) in [4.78, 5) is 27.9. The summed E-state index contributed by atoms with van der Waals surface area (Å²) in [5.74, 6) is -0.0261. The Kier molecular flexibility index (Phi) is 8.31. The number of amides is 1. The maximum atomic E-state index is 13.3. The van der Waals surface area contributed by atoms with E-state index in [0.29, 0.717) is 37.5 Å². The summed E-state index contributed by atoms with van der Waals surface area (Å²) < 4.78 is 16.9. The average molecular weight is 494 g/mol. The van der Waals surface area contributed by atoms with Gasteiger partial charge in [-0.1, -0.05) is 31.9 Å². The first-order chi connectivity index (χ1) is 17.4. The van der Waals surface area contributed by atoms with E-state index in [-0.39, 0.29) is 17.4 Å². The van der Waals surface area contributed by atoms with Crippen LogP contribution < -0.4 is 9.47 Å². The predicted molar refractivity (Wildman–Crippen MR) is 137 cm³/mol. The molecular formula is C29H35NO6. The number of ether oxygens (including phenoxy) is 3. The molecule has 192 valence electrons. The number of methoxy groups -OCH3 is 1. The summed E-state index contributed by atoms with van der Waals surface area (Å²) in [6, 6.07) is 12.1. The molecule has 0 aliphatic carbocycles. The number of unbranched alkanes of at least 4 members (excludes halogenated alkanes) is 2. The van der Waals surface area contributed by atoms with Crippen LogP contribution in [0.4, 0.5) is 0 Å². The van der Waals surface area contributed by atoms with E-state index in [4.69, 9.17) is 14.2 Å². The zero-order valence-corrected chi connectivity index (χ0v) is 21.3. The highest BCUT2D eigenvalue weighted by molar-refractivity contribution is 6.46. The molecule has 0 saturated carbocycles. The molecule has 1 N–H and O–H groups in total. The Morgan fingerprint density at radius 2 is 1.94 bits per heavy atom. The van der Waals surface area contributed by atoms with Crippen LogP contribution in [0.25, 0.3) is 5.76 Å². The fraction of sp³-hybridized carbons (Fsp3) is 0.448. The third-order valence-electron chi connectivity index (χ3n) is 6.65. The van der Waals surface area contributed by atoms with Crippen molar-refractivity contribution in [3.8, 4) is 11.5 Å². The minimum Gasteiger partial charge on any atom is -0.507 e. The minimum absolute atomic E-state index is 0.0591. The van der Waals surface area contributed by atoms with E-state index >= 15 is 0 Å². The molecule has 2 unspecified atom stereocenters. The highest BCUT2D eigenvalue weighted by Gasteiger charge is 2.46. The molecule has 2 atom stereocenters. The number of aliphatic hydroxyl groups excluding tert-OH is 1. The van der Waals surface area contributed by atoms with Gasteiger partial charge in [0.15, 0.2) is 0 Å². The van der Waals surface area contributed by atoms with Gasteiger partial charge in [0.2, 0.25) is 0 Å². The monoisotopic (exact) mass is 493 g/mol. The molecule has 0 spiro atoms. The molecular weight excluding hydrogens is 458 g/mol. The van der Waals surface area contributed by atoms with Crippen LogP contribution >= 0.6 is 0 Å². The summed E-state index contributed by atoms with van der Waals surface area (Å²) in [6.45, 7) is 5.52. The molecule has 2 aromatic carbocycles. The van der Waals surface area contributed by atoms with Crippen LogP contribution in [0, 0.1) is 0 Å². The zero-order chi connectivity index (χ0) is 25.7. The van der Waals surface area contributed by atoms with Gasteiger partial charge in [-0.25, -0.2) is 0 Å². The van der Waals surface area contributed by atoms with Gasteiger partial charge in [-0.15, -0.1) is 0 Å². The number of likely N-dealkylation sites (tertiary alicyclic amines) is 1. The molecule has 7 heteroatoms. The Bertz CT molecular complexity index is 1140. The molecule has 1 saturated heterocycles. The van der Waals surface area contributed by atoms with E-state index in [1.807, 2.05) is 43.3 Å². The third-order valence-corrected chi connectivity index (χ3v) is 6.65. The van der Waals surface area contributed by atoms with Crippen molar-refractivity contribution in [2.75, 3.05) is 26.9 Å². The number of carbonyl (C=O) groups excluding carboxylic acids is 2. The molecule has 0 bridgehead atoms. The lowest BCUT2D eigenvalue weighted by atomic mass is 9.94. The molecule has 36 heavy (non-hydrogen) atoms. The number of nitrogens with zero attached hydrogens (tertiary/aromatic N) is 1. The van der Waals surface area contributed by atoms with Crippen LogP contribution in [0.5, 0.6) is 11.5 Å². The largest absolute Gasteiger partial charge is 0.507 e. The molecule has 7 nitrogen and oxygen atoms in total. The first-order valence-corrected chi connectivity index (χ1v) is 12.7. The standard InChI is InChI=1S/C29H35NO6/c1-4-5-6-15-35-23-10-7-9-20(18-23)26-25(28(32)29(33)30(26)13-8-14-34-3)27(31)21-11-12-24-22(17-21)16-19(2)36-24/h7,9-12,17-19,26,31H,4-6,8,13-16H2,1-3H3. The van der Waals surface area contributed by atoms with Gasteiger partial charge in [0.25, 0.3) is 11.7 Å². The number of fused-ring (bicyclic) bond motifs is 1. The Morgan fingerprint density at radius 1 is 1.11 bits per heavy atom. The summed E-state index contributed by atoms with van der Waals surface area (Å²) in [7, 11) is 1.60. The summed E-state index contributed by atoms with van der Waals surface area (Å²) in [5, 5.41) is 11.4. The number of rotatable bonds is 11. The van der Waals surface area contributed by atoms with Crippen molar-refractivity contribution in [2.45, 2.75) is 58.1 Å². The maximum Gasteiger partial charge on any atom is 0.295 e. The fourth-order valence-corrected chi connectivity index (χ4v) is 4.88. The number of aliphatic hydroxyl groups is 1. The van der Waals surface area contributed by atoms with Crippen LogP contribution in [-0.4, -0.2) is 54.7 Å². The molecule has 2 aliphatic heterocycles. The van der Waals surface area contributed by atoms with E-state index in [0.717, 1.165) is 42.6 Å². The normalized spacial score (nSPS) is 20.5. The van der Waals surface area contributed by atoms with Crippen molar-refractivity contribution >= 4 is 17.4 Å². The zero-order valence-electron chi connectivity index (χ0n) is 21.3. The number of Topliss-reactive ketones (excluding diaryl/α,β-unsaturated/α-hetero) is 1. The quantitative estimate of drug-likeness (QED) is 0.204. The Labute approximate surface area is 212 Å². The smallest absolute Gasteiger partial charge is 0.295 e. The summed E-state index contributed by atoms with van der Waals surface area (Å²) in [6.07, 6.45) is 4.50. The maximum absolute atomic E-state index is 13.3. The predicted octanol–water partition coefficient (Wildman–Crippen LogP) is 5.04. The lowest BCUT2D eigenvalue weighted by Gasteiger charge is -2.25. The van der Waals surface area contributed by atoms with Gasteiger partial charge in [-0.3, -0.25) is 9.59 Å². The SMILES string of the molecule is CCCCCOc1cccc(C2C(=C(O)c3ccc4c(c3)CC(C)O4)C(=O)C(=O)N2CCCOC)c1. The van der Waals surface area contributed by atoms with Crippen LogP contribution in [0.3, 0.4) is 0 Å². The van der Waals surface area contributed by atoms with E-state index in [9.17, 15) is 14.7 Å². The van der Waals surface area contributed by atoms with E-state index in [1.165, 1.54) is 4.90 Å². The average Bonchev–Trinajstić information content (AvgIpc) is 3.37. The number of ketones is 1. The highest BCUT2D eigenvalue weighted by atomic mass is 16.5. The second-order valence-electron chi connectivity index (χ2n) is 9.42. The van der Waals surface area contributed by atoms with Crippen molar-refractivity contribution in [1.82, 2.24) is 4.90 Å². The van der Waals surface area contributed by atoms with E-state index in [2.05, 4.69) is 6.92 Å². The molecule has 4 rings (SSSR count). The van der Waals surface area contributed by atoms with Gasteiger partial charge >= 0.3 is 0 Å². The second-order valence-corrected chi connectivity index (χ2v) is 9.42. The number of benzene rings is 2. The summed E-state index contributed by atoms with van der Waals surface area (Å²) >= 11 is 0.